The van der Waals surface area contributed by atoms with E-state index < -0.39 is 34.3 Å². The number of aromatic nitrogens is 2. The van der Waals surface area contributed by atoms with E-state index in [0.29, 0.717) is 0 Å². The van der Waals surface area contributed by atoms with Gasteiger partial charge in [-0.25, -0.2) is 14.5 Å². The Morgan fingerprint density at radius 3 is 2.50 bits per heavy atom. The van der Waals surface area contributed by atoms with E-state index in [-0.39, 0.29) is 11.6 Å². The molecule has 1 aromatic rings. The minimum Gasteiger partial charge on any atom is -0.443 e. The number of rotatable bonds is 5. The Balaban J connectivity index is 3.37. The molecule has 1 aromatic heterocycles. The SMILES string of the molecule is Cc1nc(N=CN(C)C)n(COC(=O)C(C)(C)C)c(=O)c1[N+](=O)[O-]. The molecule has 0 unspecified atom stereocenters. The maximum absolute atomic E-state index is 12.4. The first kappa shape index (κ1) is 19.3. The molecule has 1 rings (SSSR count). The number of hydrogen-bond donors (Lipinski definition) is 0. The van der Waals surface area contributed by atoms with E-state index in [1.807, 2.05) is 0 Å². The molecule has 0 aliphatic carbocycles. The number of esters is 1. The number of nitro groups is 1. The highest BCUT2D eigenvalue weighted by atomic mass is 16.6. The quantitative estimate of drug-likeness (QED) is 0.260. The number of ether oxygens (including phenoxy) is 1. The maximum Gasteiger partial charge on any atom is 0.355 e. The standard InChI is InChI=1S/C14H21N5O5/c1-9-10(19(22)23)11(20)18(8-24-12(21)14(2,3)4)13(16-9)15-7-17(5)6/h7H,8H2,1-6H3. The number of nitrogens with zero attached hydrogens (tertiary/aromatic N) is 5. The van der Waals surface area contributed by atoms with E-state index in [1.165, 1.54) is 13.3 Å². The van der Waals surface area contributed by atoms with Crippen molar-refractivity contribution in [2.45, 2.75) is 34.4 Å². The number of carbonyl (C=O) groups is 1. The summed E-state index contributed by atoms with van der Waals surface area (Å²) in [6.45, 7) is 5.79. The lowest BCUT2D eigenvalue weighted by Gasteiger charge is -2.17. The van der Waals surface area contributed by atoms with Crippen LogP contribution in [0.2, 0.25) is 0 Å². The van der Waals surface area contributed by atoms with E-state index in [2.05, 4.69) is 9.98 Å². The maximum atomic E-state index is 12.4. The Morgan fingerprint density at radius 2 is 2.04 bits per heavy atom. The molecule has 0 amide bonds. The fraction of sp³-hybridized carbons (Fsp3) is 0.571. The fourth-order valence-corrected chi connectivity index (χ4v) is 1.57. The minimum atomic E-state index is -0.930. The van der Waals surface area contributed by atoms with E-state index >= 15 is 0 Å². The van der Waals surface area contributed by atoms with Crippen molar-refractivity contribution in [2.75, 3.05) is 14.1 Å². The van der Waals surface area contributed by atoms with Crippen LogP contribution in [0.1, 0.15) is 26.5 Å². The monoisotopic (exact) mass is 339 g/mol. The molecule has 0 atom stereocenters. The van der Waals surface area contributed by atoms with Gasteiger partial charge in [0.05, 0.1) is 16.7 Å². The average molecular weight is 339 g/mol. The van der Waals surface area contributed by atoms with Crippen LogP contribution in [-0.2, 0) is 16.3 Å². The third-order valence-electron chi connectivity index (χ3n) is 2.82. The summed E-state index contributed by atoms with van der Waals surface area (Å²) in [5.74, 6) is -0.640. The van der Waals surface area contributed by atoms with Gasteiger partial charge in [-0.15, -0.1) is 0 Å². The summed E-state index contributed by atoms with van der Waals surface area (Å²) >= 11 is 0. The van der Waals surface area contributed by atoms with E-state index in [1.54, 1.807) is 39.8 Å². The van der Waals surface area contributed by atoms with Crippen LogP contribution in [0.4, 0.5) is 11.6 Å². The fourth-order valence-electron chi connectivity index (χ4n) is 1.57. The van der Waals surface area contributed by atoms with Gasteiger partial charge in [-0.2, -0.15) is 0 Å². The van der Waals surface area contributed by atoms with Gasteiger partial charge in [-0.1, -0.05) is 0 Å². The van der Waals surface area contributed by atoms with Crippen molar-refractivity contribution in [1.29, 1.82) is 0 Å². The van der Waals surface area contributed by atoms with Gasteiger partial charge < -0.3 is 9.64 Å². The molecule has 10 nitrogen and oxygen atoms in total. The zero-order valence-electron chi connectivity index (χ0n) is 14.6. The van der Waals surface area contributed by atoms with Crippen LogP contribution < -0.4 is 5.56 Å². The van der Waals surface area contributed by atoms with Crippen LogP contribution in [0, 0.1) is 22.5 Å². The zero-order valence-corrected chi connectivity index (χ0v) is 14.6. The first-order chi connectivity index (χ1) is 10.9. The summed E-state index contributed by atoms with van der Waals surface area (Å²) in [4.78, 5) is 44.1. The molecule has 0 aromatic carbocycles. The van der Waals surface area contributed by atoms with Crippen molar-refractivity contribution in [3.8, 4) is 0 Å². The lowest BCUT2D eigenvalue weighted by molar-refractivity contribution is -0.387. The number of aliphatic imine (C=N–C) groups is 1. The molecule has 0 spiro atoms. The van der Waals surface area contributed by atoms with Crippen LogP contribution in [0.15, 0.2) is 9.79 Å². The Morgan fingerprint density at radius 1 is 1.46 bits per heavy atom. The highest BCUT2D eigenvalue weighted by Crippen LogP contribution is 2.18. The predicted octanol–water partition coefficient (Wildman–Crippen LogP) is 1.23. The molecule has 0 fully saturated rings. The molecule has 0 aliphatic heterocycles. The van der Waals surface area contributed by atoms with E-state index in [0.717, 1.165) is 4.57 Å². The third-order valence-corrected chi connectivity index (χ3v) is 2.82. The topological polar surface area (TPSA) is 120 Å². The van der Waals surface area contributed by atoms with Gasteiger partial charge in [0.1, 0.15) is 5.69 Å². The summed E-state index contributed by atoms with van der Waals surface area (Å²) in [5, 5.41) is 11.1. The summed E-state index contributed by atoms with van der Waals surface area (Å²) in [6.07, 6.45) is 1.38. The number of carbonyl (C=O) groups excluding carboxylic acids is 1. The second-order valence-corrected chi connectivity index (χ2v) is 6.36. The van der Waals surface area contributed by atoms with Crippen molar-refractivity contribution in [3.63, 3.8) is 0 Å². The van der Waals surface area contributed by atoms with Crippen LogP contribution in [0.3, 0.4) is 0 Å². The third kappa shape index (κ3) is 4.61. The molecular formula is C14H21N5O5. The van der Waals surface area contributed by atoms with Gasteiger partial charge in [0.15, 0.2) is 6.73 Å². The van der Waals surface area contributed by atoms with Gasteiger partial charge >= 0.3 is 17.2 Å². The summed E-state index contributed by atoms with van der Waals surface area (Å²) in [5.41, 5.74) is -2.44. The van der Waals surface area contributed by atoms with Gasteiger partial charge in [0.2, 0.25) is 5.95 Å². The predicted molar refractivity (Wildman–Crippen MR) is 87.3 cm³/mol. The molecule has 1 heterocycles. The molecule has 0 N–H and O–H groups in total. The van der Waals surface area contributed by atoms with Crippen molar-refractivity contribution in [2.24, 2.45) is 10.4 Å². The van der Waals surface area contributed by atoms with Crippen LogP contribution >= 0.6 is 0 Å². The highest BCUT2D eigenvalue weighted by Gasteiger charge is 2.26. The Kier molecular flexibility index (Phi) is 5.78. The highest BCUT2D eigenvalue weighted by molar-refractivity contribution is 5.75. The molecule has 0 saturated carbocycles. The number of aryl methyl sites for hydroxylation is 1. The molecule has 0 saturated heterocycles. The Bertz CT molecular complexity index is 730. The van der Waals surface area contributed by atoms with Crippen molar-refractivity contribution in [3.05, 3.63) is 26.2 Å². The summed E-state index contributed by atoms with van der Waals surface area (Å²) < 4.78 is 5.93. The lowest BCUT2D eigenvalue weighted by Crippen LogP contribution is -2.30. The first-order valence-electron chi connectivity index (χ1n) is 7.08. The molecule has 0 aliphatic rings. The smallest absolute Gasteiger partial charge is 0.355 e. The normalized spacial score (nSPS) is 11.6. The Labute approximate surface area is 138 Å². The van der Waals surface area contributed by atoms with Crippen LogP contribution in [0.5, 0.6) is 0 Å². The van der Waals surface area contributed by atoms with Gasteiger partial charge in [0.25, 0.3) is 0 Å². The zero-order chi connectivity index (χ0) is 18.7. The molecule has 0 bridgehead atoms. The van der Waals surface area contributed by atoms with E-state index in [9.17, 15) is 19.7 Å². The molecule has 0 radical (unpaired) electrons. The van der Waals surface area contributed by atoms with Crippen molar-refractivity contribution < 1.29 is 14.5 Å². The molecule has 24 heavy (non-hydrogen) atoms. The average Bonchev–Trinajstić information content (AvgIpc) is 2.42. The summed E-state index contributed by atoms with van der Waals surface area (Å²) in [6, 6.07) is 0. The van der Waals surface area contributed by atoms with Crippen molar-refractivity contribution >= 4 is 23.9 Å². The molecule has 132 valence electrons. The second kappa shape index (κ2) is 7.20. The second-order valence-electron chi connectivity index (χ2n) is 6.36. The Hall–Kier alpha value is -2.78. The van der Waals surface area contributed by atoms with Crippen LogP contribution in [-0.4, -0.2) is 45.8 Å². The van der Waals surface area contributed by atoms with Gasteiger partial charge in [-0.3, -0.25) is 19.7 Å². The first-order valence-corrected chi connectivity index (χ1v) is 7.08. The van der Waals surface area contributed by atoms with Gasteiger partial charge in [-0.05, 0) is 27.7 Å². The minimum absolute atomic E-state index is 0.0608. The number of hydrogen-bond acceptors (Lipinski definition) is 7. The largest absolute Gasteiger partial charge is 0.443 e. The molecule has 10 heteroatoms. The molecular weight excluding hydrogens is 318 g/mol. The van der Waals surface area contributed by atoms with Crippen LogP contribution in [0.25, 0.3) is 0 Å². The van der Waals surface area contributed by atoms with Gasteiger partial charge in [0, 0.05) is 14.1 Å². The summed E-state index contributed by atoms with van der Waals surface area (Å²) in [7, 11) is 3.42. The van der Waals surface area contributed by atoms with Crippen molar-refractivity contribution in [1.82, 2.24) is 14.5 Å². The van der Waals surface area contributed by atoms with E-state index in [4.69, 9.17) is 4.74 Å². The lowest BCUT2D eigenvalue weighted by atomic mass is 9.98.